The highest BCUT2D eigenvalue weighted by Gasteiger charge is 2.18. The van der Waals surface area contributed by atoms with Crippen molar-refractivity contribution in [2.45, 2.75) is 25.9 Å². The van der Waals surface area contributed by atoms with Crippen molar-refractivity contribution in [2.75, 3.05) is 6.61 Å². The van der Waals surface area contributed by atoms with Crippen LogP contribution in [0.2, 0.25) is 0 Å². The Hall–Kier alpha value is -1.60. The lowest BCUT2D eigenvalue weighted by Crippen LogP contribution is -2.47. The Kier molecular flexibility index (Phi) is 5.60. The molecule has 0 aliphatic carbocycles. The molecule has 0 fully saturated rings. The van der Waals surface area contributed by atoms with Crippen molar-refractivity contribution in [3.63, 3.8) is 0 Å². The van der Waals surface area contributed by atoms with Crippen LogP contribution in [0.3, 0.4) is 0 Å². The number of aliphatic hydroxyl groups excluding tert-OH is 1. The number of carboxylic acid groups (broad SMARTS) is 1. The molecule has 18 heavy (non-hydrogen) atoms. The first-order valence-corrected chi connectivity index (χ1v) is 6.39. The number of carboxylic acids is 1. The molecule has 1 atom stereocenters. The number of aryl methyl sites for hydroxylation is 1. The minimum atomic E-state index is -1.28. The van der Waals surface area contributed by atoms with Gasteiger partial charge in [0.25, 0.3) is 0 Å². The van der Waals surface area contributed by atoms with Gasteiger partial charge in [0.05, 0.1) is 13.2 Å². The summed E-state index contributed by atoms with van der Waals surface area (Å²) in [6, 6.07) is 0.110. The molecule has 0 unspecified atom stereocenters. The van der Waals surface area contributed by atoms with Gasteiger partial charge in [-0.25, -0.2) is 9.59 Å². The van der Waals surface area contributed by atoms with E-state index in [0.29, 0.717) is 6.54 Å². The molecule has 100 valence electrons. The first-order valence-electron chi connectivity index (χ1n) is 5.51. The van der Waals surface area contributed by atoms with Gasteiger partial charge in [0.2, 0.25) is 0 Å². The molecule has 0 saturated carbocycles. The van der Waals surface area contributed by atoms with E-state index >= 15 is 0 Å². The highest BCUT2D eigenvalue weighted by atomic mass is 32.1. The number of hydrogen-bond donors (Lipinski definition) is 4. The van der Waals surface area contributed by atoms with Crippen LogP contribution in [0.5, 0.6) is 0 Å². The van der Waals surface area contributed by atoms with E-state index in [-0.39, 0.29) is 0 Å². The van der Waals surface area contributed by atoms with E-state index in [0.717, 1.165) is 16.9 Å². The maximum atomic E-state index is 11.4. The van der Waals surface area contributed by atoms with E-state index in [1.807, 2.05) is 18.4 Å². The number of rotatable bonds is 6. The Morgan fingerprint density at radius 2 is 2.22 bits per heavy atom. The summed E-state index contributed by atoms with van der Waals surface area (Å²) in [4.78, 5) is 23.1. The lowest BCUT2D eigenvalue weighted by Gasteiger charge is -2.12. The largest absolute Gasteiger partial charge is 0.480 e. The number of nitrogens with one attached hydrogen (secondary N) is 2. The summed E-state index contributed by atoms with van der Waals surface area (Å²) in [7, 11) is 0. The maximum Gasteiger partial charge on any atom is 0.328 e. The lowest BCUT2D eigenvalue weighted by molar-refractivity contribution is -0.140. The molecule has 4 N–H and O–H groups in total. The third-order valence-electron chi connectivity index (χ3n) is 2.41. The van der Waals surface area contributed by atoms with Crippen LogP contribution in [0.4, 0.5) is 4.79 Å². The first kappa shape index (κ1) is 14.5. The van der Waals surface area contributed by atoms with E-state index in [1.54, 1.807) is 0 Å². The van der Waals surface area contributed by atoms with Crippen molar-refractivity contribution in [3.05, 3.63) is 21.9 Å². The second-order valence-electron chi connectivity index (χ2n) is 3.62. The van der Waals surface area contributed by atoms with Crippen molar-refractivity contribution >= 4 is 23.3 Å². The Balaban J connectivity index is 2.44. The van der Waals surface area contributed by atoms with Crippen molar-refractivity contribution in [2.24, 2.45) is 0 Å². The summed E-state index contributed by atoms with van der Waals surface area (Å²) in [6.07, 6.45) is 0.885. The van der Waals surface area contributed by atoms with Crippen LogP contribution >= 0.6 is 11.3 Å². The van der Waals surface area contributed by atoms with Crippen molar-refractivity contribution in [1.82, 2.24) is 10.6 Å². The SMILES string of the molecule is CCc1ccsc1CNC(=O)N[C@@H](CO)C(=O)O. The highest BCUT2D eigenvalue weighted by Crippen LogP contribution is 2.16. The van der Waals surface area contributed by atoms with Crippen LogP contribution in [0, 0.1) is 0 Å². The van der Waals surface area contributed by atoms with Gasteiger partial charge in [0.1, 0.15) is 0 Å². The molecule has 7 heteroatoms. The molecule has 0 aromatic carbocycles. The standard InChI is InChI=1S/C11H16N2O4S/c1-2-7-3-4-18-9(7)5-12-11(17)13-8(6-14)10(15)16/h3-4,8,14H,2,5-6H2,1H3,(H,15,16)(H2,12,13,17)/t8-/m0/s1. The van der Waals surface area contributed by atoms with Gasteiger partial charge in [-0.05, 0) is 23.4 Å². The first-order chi connectivity index (χ1) is 8.58. The molecule has 0 radical (unpaired) electrons. The second kappa shape index (κ2) is 6.97. The van der Waals surface area contributed by atoms with E-state index in [2.05, 4.69) is 10.6 Å². The fraction of sp³-hybridized carbons (Fsp3) is 0.455. The molecular weight excluding hydrogens is 256 g/mol. The third kappa shape index (κ3) is 4.01. The molecule has 1 aromatic heterocycles. The molecule has 6 nitrogen and oxygen atoms in total. The van der Waals surface area contributed by atoms with E-state index < -0.39 is 24.6 Å². The van der Waals surface area contributed by atoms with Gasteiger partial charge in [-0.2, -0.15) is 0 Å². The van der Waals surface area contributed by atoms with Crippen molar-refractivity contribution < 1.29 is 19.8 Å². The van der Waals surface area contributed by atoms with Gasteiger partial charge in [-0.3, -0.25) is 0 Å². The number of amides is 2. The maximum absolute atomic E-state index is 11.4. The minimum absolute atomic E-state index is 0.352. The summed E-state index contributed by atoms with van der Waals surface area (Å²) < 4.78 is 0. The molecular formula is C11H16N2O4S. The van der Waals surface area contributed by atoms with Gasteiger partial charge >= 0.3 is 12.0 Å². The number of hydrogen-bond acceptors (Lipinski definition) is 4. The fourth-order valence-electron chi connectivity index (χ4n) is 1.39. The Bertz CT molecular complexity index is 419. The molecule has 2 amide bonds. The van der Waals surface area contributed by atoms with Gasteiger partial charge in [0.15, 0.2) is 6.04 Å². The van der Waals surface area contributed by atoms with Gasteiger partial charge in [-0.1, -0.05) is 6.92 Å². The van der Waals surface area contributed by atoms with Gasteiger partial charge in [-0.15, -0.1) is 11.3 Å². The molecule has 1 heterocycles. The zero-order chi connectivity index (χ0) is 13.5. The lowest BCUT2D eigenvalue weighted by atomic mass is 10.2. The Labute approximate surface area is 109 Å². The van der Waals surface area contributed by atoms with Gasteiger partial charge in [0, 0.05) is 4.88 Å². The van der Waals surface area contributed by atoms with Crippen LogP contribution in [0.25, 0.3) is 0 Å². The van der Waals surface area contributed by atoms with Crippen LogP contribution in [-0.4, -0.2) is 34.9 Å². The number of aliphatic hydroxyl groups is 1. The predicted molar refractivity (Wildman–Crippen MR) is 67.6 cm³/mol. The number of carbonyl (C=O) groups is 2. The van der Waals surface area contributed by atoms with Crippen molar-refractivity contribution in [3.8, 4) is 0 Å². The molecule has 0 saturated heterocycles. The summed E-state index contributed by atoms with van der Waals surface area (Å²) in [5, 5.41) is 24.1. The summed E-state index contributed by atoms with van der Waals surface area (Å²) in [5.41, 5.74) is 1.16. The molecule has 1 aromatic rings. The number of aliphatic carboxylic acids is 1. The Morgan fingerprint density at radius 1 is 1.50 bits per heavy atom. The highest BCUT2D eigenvalue weighted by molar-refractivity contribution is 7.10. The van der Waals surface area contributed by atoms with Crippen LogP contribution in [-0.2, 0) is 17.8 Å². The summed E-state index contributed by atoms with van der Waals surface area (Å²) in [6.45, 7) is 1.74. The Morgan fingerprint density at radius 3 is 2.78 bits per heavy atom. The summed E-state index contributed by atoms with van der Waals surface area (Å²) in [5.74, 6) is -1.27. The quantitative estimate of drug-likeness (QED) is 0.608. The van der Waals surface area contributed by atoms with E-state index in [4.69, 9.17) is 10.2 Å². The molecule has 1 rings (SSSR count). The molecule has 0 aliphatic rings. The second-order valence-corrected chi connectivity index (χ2v) is 4.62. The number of carbonyl (C=O) groups excluding carboxylic acids is 1. The third-order valence-corrected chi connectivity index (χ3v) is 3.38. The predicted octanol–water partition coefficient (Wildman–Crippen LogP) is 0.555. The van der Waals surface area contributed by atoms with Crippen molar-refractivity contribution in [1.29, 1.82) is 0 Å². The topological polar surface area (TPSA) is 98.7 Å². The molecule has 0 aliphatic heterocycles. The minimum Gasteiger partial charge on any atom is -0.480 e. The number of urea groups is 1. The average molecular weight is 272 g/mol. The van der Waals surface area contributed by atoms with E-state index in [1.165, 1.54) is 11.3 Å². The summed E-state index contributed by atoms with van der Waals surface area (Å²) >= 11 is 1.54. The van der Waals surface area contributed by atoms with Gasteiger partial charge < -0.3 is 20.8 Å². The fourth-order valence-corrected chi connectivity index (χ4v) is 2.31. The average Bonchev–Trinajstić information content (AvgIpc) is 2.80. The monoisotopic (exact) mass is 272 g/mol. The van der Waals surface area contributed by atoms with Crippen LogP contribution in [0.1, 0.15) is 17.4 Å². The van der Waals surface area contributed by atoms with Crippen LogP contribution < -0.4 is 10.6 Å². The van der Waals surface area contributed by atoms with E-state index in [9.17, 15) is 9.59 Å². The zero-order valence-corrected chi connectivity index (χ0v) is 10.8. The van der Waals surface area contributed by atoms with Crippen LogP contribution in [0.15, 0.2) is 11.4 Å². The molecule has 0 bridgehead atoms. The number of thiophene rings is 1. The normalized spacial score (nSPS) is 11.9. The molecule has 0 spiro atoms. The smallest absolute Gasteiger partial charge is 0.328 e. The zero-order valence-electron chi connectivity index (χ0n) is 9.97.